The average molecular weight is 458 g/mol. The summed E-state index contributed by atoms with van der Waals surface area (Å²) in [6.45, 7) is 0. The minimum Gasteiger partial charge on any atom is -0.466 e. The van der Waals surface area contributed by atoms with Crippen LogP contribution in [0.1, 0.15) is 4.88 Å². The van der Waals surface area contributed by atoms with Gasteiger partial charge >= 0.3 is 5.97 Å². The number of anilines is 1. The van der Waals surface area contributed by atoms with Crippen LogP contribution in [0.5, 0.6) is 0 Å². The molecule has 0 aliphatic heterocycles. The number of esters is 1. The van der Waals surface area contributed by atoms with Gasteiger partial charge < -0.3 is 9.64 Å². The molecule has 4 heterocycles. The SMILES string of the molecule is COC(=O)/C=C/c1sc(-c2ccc(N(C)C)s2)c(-c2cccs2)c1-c1cccs1. The summed E-state index contributed by atoms with van der Waals surface area (Å²) in [4.78, 5) is 19.8. The predicted octanol–water partition coefficient (Wildman–Crippen LogP) is 7.19. The maximum absolute atomic E-state index is 11.7. The van der Waals surface area contributed by atoms with Crippen molar-refractivity contribution in [3.8, 4) is 30.6 Å². The van der Waals surface area contributed by atoms with Crippen LogP contribution in [-0.2, 0) is 9.53 Å². The zero-order valence-electron chi connectivity index (χ0n) is 16.2. The minimum atomic E-state index is -0.347. The normalized spacial score (nSPS) is 11.3. The first-order valence-corrected chi connectivity index (χ1v) is 12.3. The van der Waals surface area contributed by atoms with Crippen molar-refractivity contribution in [1.29, 1.82) is 0 Å². The van der Waals surface area contributed by atoms with Crippen molar-refractivity contribution < 1.29 is 9.53 Å². The van der Waals surface area contributed by atoms with E-state index >= 15 is 0 Å². The molecule has 0 bridgehead atoms. The van der Waals surface area contributed by atoms with Crippen molar-refractivity contribution in [2.75, 3.05) is 26.1 Å². The van der Waals surface area contributed by atoms with E-state index in [9.17, 15) is 4.79 Å². The minimum absolute atomic E-state index is 0.347. The van der Waals surface area contributed by atoms with Crippen molar-refractivity contribution in [3.05, 3.63) is 58.1 Å². The molecule has 0 saturated carbocycles. The second-order valence-corrected chi connectivity index (χ2v) is 10.4. The van der Waals surface area contributed by atoms with E-state index in [1.54, 1.807) is 45.3 Å². The lowest BCUT2D eigenvalue weighted by atomic mass is 10.0. The highest BCUT2D eigenvalue weighted by molar-refractivity contribution is 7.26. The Balaban J connectivity index is 1.97. The molecule has 4 rings (SSSR count). The second kappa shape index (κ2) is 8.67. The Morgan fingerprint density at radius 2 is 1.62 bits per heavy atom. The van der Waals surface area contributed by atoms with Crippen molar-refractivity contribution in [1.82, 2.24) is 0 Å². The quantitative estimate of drug-likeness (QED) is 0.227. The Hall–Kier alpha value is -2.19. The molecule has 0 aliphatic rings. The van der Waals surface area contributed by atoms with Gasteiger partial charge in [0.25, 0.3) is 0 Å². The largest absolute Gasteiger partial charge is 0.466 e. The van der Waals surface area contributed by atoms with Crippen LogP contribution in [0.15, 0.2) is 53.2 Å². The van der Waals surface area contributed by atoms with Gasteiger partial charge in [-0.2, -0.15) is 0 Å². The van der Waals surface area contributed by atoms with E-state index in [4.69, 9.17) is 4.74 Å². The first-order valence-electron chi connectivity index (χ1n) is 8.86. The zero-order valence-corrected chi connectivity index (χ0v) is 19.4. The zero-order chi connectivity index (χ0) is 20.4. The first-order chi connectivity index (χ1) is 14.1. The fraction of sp³-hybridized carbons (Fsp3) is 0.136. The number of rotatable bonds is 6. The molecule has 0 aliphatic carbocycles. The second-order valence-electron chi connectivity index (χ2n) is 6.39. The van der Waals surface area contributed by atoms with Gasteiger partial charge in [0.15, 0.2) is 0 Å². The third-order valence-electron chi connectivity index (χ3n) is 4.30. The van der Waals surface area contributed by atoms with Gasteiger partial charge in [-0.15, -0.1) is 45.3 Å². The molecule has 0 saturated heterocycles. The molecule has 0 unspecified atom stereocenters. The van der Waals surface area contributed by atoms with Crippen LogP contribution < -0.4 is 4.90 Å². The van der Waals surface area contributed by atoms with Crippen LogP contribution in [0.3, 0.4) is 0 Å². The summed E-state index contributed by atoms with van der Waals surface area (Å²) in [6, 6.07) is 12.8. The van der Waals surface area contributed by atoms with Crippen molar-refractivity contribution >= 4 is 62.4 Å². The van der Waals surface area contributed by atoms with E-state index in [0.717, 1.165) is 4.88 Å². The molecule has 4 aromatic heterocycles. The molecule has 0 spiro atoms. The Kier molecular flexibility index (Phi) is 6.01. The first kappa shape index (κ1) is 20.1. The van der Waals surface area contributed by atoms with Crippen LogP contribution >= 0.6 is 45.3 Å². The third kappa shape index (κ3) is 4.09. The molecule has 4 aromatic rings. The van der Waals surface area contributed by atoms with Gasteiger partial charge in [0.2, 0.25) is 0 Å². The highest BCUT2D eigenvalue weighted by Gasteiger charge is 2.23. The Morgan fingerprint density at radius 1 is 0.931 bits per heavy atom. The lowest BCUT2D eigenvalue weighted by Crippen LogP contribution is -2.05. The van der Waals surface area contributed by atoms with E-state index in [2.05, 4.69) is 66.2 Å². The van der Waals surface area contributed by atoms with E-state index in [1.807, 2.05) is 6.08 Å². The third-order valence-corrected chi connectivity index (χ3v) is 8.66. The molecule has 29 heavy (non-hydrogen) atoms. The molecule has 0 amide bonds. The summed E-state index contributed by atoms with van der Waals surface area (Å²) in [6.07, 6.45) is 3.39. The fourth-order valence-corrected chi connectivity index (χ4v) is 6.94. The van der Waals surface area contributed by atoms with Crippen molar-refractivity contribution in [2.24, 2.45) is 0 Å². The Bertz CT molecular complexity index is 1130. The summed E-state index contributed by atoms with van der Waals surface area (Å²) < 4.78 is 4.81. The molecular formula is C22H19NO2S4. The molecule has 3 nitrogen and oxygen atoms in total. The van der Waals surface area contributed by atoms with Crippen LogP contribution in [0.4, 0.5) is 5.00 Å². The van der Waals surface area contributed by atoms with E-state index < -0.39 is 0 Å². The highest BCUT2D eigenvalue weighted by atomic mass is 32.1. The molecule has 0 atom stereocenters. The standard InChI is InChI=1S/C22H19NO2S4/c1-23(2)18-10-8-17(28-18)22-21(15-7-5-13-27-15)20(14-6-4-12-26-14)16(29-22)9-11-19(24)25-3/h4-13H,1-3H3/b11-9+. The Labute approximate surface area is 186 Å². The van der Waals surface area contributed by atoms with Gasteiger partial charge in [-0.05, 0) is 41.1 Å². The number of nitrogens with zero attached hydrogens (tertiary/aromatic N) is 1. The number of ether oxygens (including phenoxy) is 1. The summed E-state index contributed by atoms with van der Waals surface area (Å²) in [5, 5.41) is 5.42. The summed E-state index contributed by atoms with van der Waals surface area (Å²) in [5.74, 6) is -0.347. The number of carbonyl (C=O) groups is 1. The number of hydrogen-bond donors (Lipinski definition) is 0. The fourth-order valence-electron chi connectivity index (χ4n) is 2.96. The van der Waals surface area contributed by atoms with Gasteiger partial charge in [0, 0.05) is 50.8 Å². The van der Waals surface area contributed by atoms with Gasteiger partial charge in [-0.3, -0.25) is 0 Å². The number of methoxy groups -OCH3 is 1. The van der Waals surface area contributed by atoms with E-state index in [-0.39, 0.29) is 5.97 Å². The highest BCUT2D eigenvalue weighted by Crippen LogP contribution is 2.52. The van der Waals surface area contributed by atoms with Crippen molar-refractivity contribution in [2.45, 2.75) is 0 Å². The Morgan fingerprint density at radius 3 is 2.17 bits per heavy atom. The van der Waals surface area contributed by atoms with Crippen LogP contribution in [0.2, 0.25) is 0 Å². The van der Waals surface area contributed by atoms with Crippen LogP contribution in [0, 0.1) is 0 Å². The van der Waals surface area contributed by atoms with E-state index in [1.165, 1.54) is 48.8 Å². The number of hydrogen-bond acceptors (Lipinski definition) is 7. The summed E-state index contributed by atoms with van der Waals surface area (Å²) in [7, 11) is 5.52. The van der Waals surface area contributed by atoms with Gasteiger partial charge in [0.05, 0.1) is 17.0 Å². The topological polar surface area (TPSA) is 29.5 Å². The molecular weight excluding hydrogens is 439 g/mol. The van der Waals surface area contributed by atoms with Gasteiger partial charge in [0.1, 0.15) is 0 Å². The van der Waals surface area contributed by atoms with E-state index in [0.29, 0.717) is 0 Å². The average Bonchev–Trinajstić information content (AvgIpc) is 3.50. The smallest absolute Gasteiger partial charge is 0.330 e. The van der Waals surface area contributed by atoms with Gasteiger partial charge in [-0.25, -0.2) is 4.79 Å². The lowest BCUT2D eigenvalue weighted by Gasteiger charge is -2.07. The summed E-state index contributed by atoms with van der Waals surface area (Å²) >= 11 is 6.96. The maximum atomic E-state index is 11.7. The predicted molar refractivity (Wildman–Crippen MR) is 130 cm³/mol. The lowest BCUT2D eigenvalue weighted by molar-refractivity contribution is -0.134. The molecule has 0 radical (unpaired) electrons. The molecule has 0 aromatic carbocycles. The van der Waals surface area contributed by atoms with Crippen LogP contribution in [-0.4, -0.2) is 27.2 Å². The monoisotopic (exact) mass is 457 g/mol. The molecule has 0 N–H and O–H groups in total. The number of thiophene rings is 4. The maximum Gasteiger partial charge on any atom is 0.330 e. The molecule has 0 fully saturated rings. The van der Waals surface area contributed by atoms with Crippen LogP contribution in [0.25, 0.3) is 36.7 Å². The molecule has 7 heteroatoms. The molecule has 148 valence electrons. The van der Waals surface area contributed by atoms with Gasteiger partial charge in [-0.1, -0.05) is 12.1 Å². The summed E-state index contributed by atoms with van der Waals surface area (Å²) in [5.41, 5.74) is 2.42. The van der Waals surface area contributed by atoms with Crippen molar-refractivity contribution in [3.63, 3.8) is 0 Å². The number of carbonyl (C=O) groups excluding carboxylic acids is 1.